The van der Waals surface area contributed by atoms with E-state index in [9.17, 15) is 4.79 Å². The second-order valence-electron chi connectivity index (χ2n) is 5.10. The molecule has 2 aromatic heterocycles. The summed E-state index contributed by atoms with van der Waals surface area (Å²) in [6, 6.07) is 5.29. The van der Waals surface area contributed by atoms with Gasteiger partial charge in [0.15, 0.2) is 11.5 Å². The van der Waals surface area contributed by atoms with Crippen molar-refractivity contribution in [2.75, 3.05) is 19.6 Å². The largest absolute Gasteiger partial charge is 0.355 e. The Hall–Kier alpha value is -1.37. The lowest BCUT2D eigenvalue weighted by molar-refractivity contribution is 0.0936. The van der Waals surface area contributed by atoms with Crippen molar-refractivity contribution in [2.24, 2.45) is 5.92 Å². The van der Waals surface area contributed by atoms with Gasteiger partial charge in [-0.25, -0.2) is 0 Å². The maximum absolute atomic E-state index is 12.1. The van der Waals surface area contributed by atoms with E-state index >= 15 is 0 Å². The summed E-state index contributed by atoms with van der Waals surface area (Å²) in [4.78, 5) is 12.9. The minimum Gasteiger partial charge on any atom is -0.355 e. The SMILES string of the molecule is O=C(NCC1CCCNC1)c1cc(-c2ccc(Cl)s2)on1. The first-order valence-corrected chi connectivity index (χ1v) is 8.13. The van der Waals surface area contributed by atoms with Crippen LogP contribution in [0.5, 0.6) is 0 Å². The van der Waals surface area contributed by atoms with E-state index in [1.807, 2.05) is 6.07 Å². The van der Waals surface area contributed by atoms with E-state index in [0.717, 1.165) is 30.8 Å². The van der Waals surface area contributed by atoms with Gasteiger partial charge in [-0.15, -0.1) is 11.3 Å². The van der Waals surface area contributed by atoms with Gasteiger partial charge in [-0.2, -0.15) is 0 Å². The van der Waals surface area contributed by atoms with E-state index in [-0.39, 0.29) is 5.91 Å². The van der Waals surface area contributed by atoms with Crippen molar-refractivity contribution < 1.29 is 9.32 Å². The number of carbonyl (C=O) groups excluding carboxylic acids is 1. The van der Waals surface area contributed by atoms with Crippen LogP contribution in [0.15, 0.2) is 22.7 Å². The third-order valence-electron chi connectivity index (χ3n) is 3.51. The summed E-state index contributed by atoms with van der Waals surface area (Å²) < 4.78 is 5.88. The lowest BCUT2D eigenvalue weighted by Gasteiger charge is -2.22. The number of carbonyl (C=O) groups is 1. The normalized spacial score (nSPS) is 18.6. The molecule has 112 valence electrons. The van der Waals surface area contributed by atoms with Crippen LogP contribution in [0, 0.1) is 5.92 Å². The van der Waals surface area contributed by atoms with Gasteiger partial charge in [-0.1, -0.05) is 16.8 Å². The highest BCUT2D eigenvalue weighted by atomic mass is 35.5. The Bertz CT molecular complexity index is 619. The number of rotatable bonds is 4. The third kappa shape index (κ3) is 3.64. The van der Waals surface area contributed by atoms with Crippen LogP contribution >= 0.6 is 22.9 Å². The van der Waals surface area contributed by atoms with E-state index in [1.165, 1.54) is 11.3 Å². The molecule has 1 unspecified atom stereocenters. The molecule has 1 amide bonds. The number of thiophene rings is 1. The molecule has 0 bridgehead atoms. The summed E-state index contributed by atoms with van der Waals surface area (Å²) in [5, 5.41) is 10.1. The minimum absolute atomic E-state index is 0.196. The van der Waals surface area contributed by atoms with Crippen LogP contribution in [0.2, 0.25) is 4.34 Å². The van der Waals surface area contributed by atoms with Crippen LogP contribution in [0.3, 0.4) is 0 Å². The molecule has 1 fully saturated rings. The Morgan fingerprint density at radius 2 is 2.48 bits per heavy atom. The Morgan fingerprint density at radius 3 is 3.19 bits per heavy atom. The molecule has 2 aromatic rings. The summed E-state index contributed by atoms with van der Waals surface area (Å²) in [6.07, 6.45) is 2.30. The first-order chi connectivity index (χ1) is 10.2. The number of halogens is 1. The van der Waals surface area contributed by atoms with Crippen LogP contribution in [0.25, 0.3) is 10.6 Å². The Kier molecular flexibility index (Phi) is 4.57. The summed E-state index contributed by atoms with van der Waals surface area (Å²) in [6.45, 7) is 2.69. The molecule has 5 nitrogen and oxygen atoms in total. The first-order valence-electron chi connectivity index (χ1n) is 6.94. The summed E-state index contributed by atoms with van der Waals surface area (Å²) in [5.41, 5.74) is 0.304. The molecule has 3 heterocycles. The highest BCUT2D eigenvalue weighted by molar-refractivity contribution is 7.19. The molecular weight excluding hydrogens is 310 g/mol. The molecule has 0 aliphatic carbocycles. The number of aromatic nitrogens is 1. The fourth-order valence-corrected chi connectivity index (χ4v) is 3.36. The highest BCUT2D eigenvalue weighted by Gasteiger charge is 2.17. The topological polar surface area (TPSA) is 67.2 Å². The summed E-state index contributed by atoms with van der Waals surface area (Å²) in [7, 11) is 0. The Balaban J connectivity index is 1.59. The first kappa shape index (κ1) is 14.6. The standard InChI is InChI=1S/C14H16ClN3O2S/c15-13-4-3-12(21-13)11-6-10(18-20-11)14(19)17-8-9-2-1-5-16-7-9/h3-4,6,9,16H,1-2,5,7-8H2,(H,17,19). The Labute approximate surface area is 131 Å². The maximum Gasteiger partial charge on any atom is 0.273 e. The predicted molar refractivity (Wildman–Crippen MR) is 82.8 cm³/mol. The number of hydrogen-bond acceptors (Lipinski definition) is 5. The number of piperidine rings is 1. The average Bonchev–Trinajstić information content (AvgIpc) is 3.14. The number of nitrogens with zero attached hydrogens (tertiary/aromatic N) is 1. The van der Waals surface area contributed by atoms with E-state index in [2.05, 4.69) is 15.8 Å². The van der Waals surface area contributed by atoms with Crippen LogP contribution in [0.1, 0.15) is 23.3 Å². The molecule has 0 radical (unpaired) electrons. The molecule has 1 aliphatic heterocycles. The fraction of sp³-hybridized carbons (Fsp3) is 0.429. The number of hydrogen-bond donors (Lipinski definition) is 2. The third-order valence-corrected chi connectivity index (χ3v) is 4.75. The van der Waals surface area contributed by atoms with E-state index in [4.69, 9.17) is 16.1 Å². The molecule has 21 heavy (non-hydrogen) atoms. The van der Waals surface area contributed by atoms with Crippen LogP contribution < -0.4 is 10.6 Å². The van der Waals surface area contributed by atoms with Gasteiger partial charge in [0, 0.05) is 12.6 Å². The maximum atomic E-state index is 12.1. The molecule has 1 aliphatic rings. The van der Waals surface area contributed by atoms with E-state index in [0.29, 0.717) is 28.3 Å². The summed E-state index contributed by atoms with van der Waals surface area (Å²) >= 11 is 7.28. The van der Waals surface area contributed by atoms with Gasteiger partial charge in [-0.3, -0.25) is 4.79 Å². The van der Waals surface area contributed by atoms with Gasteiger partial charge in [0.25, 0.3) is 5.91 Å². The van der Waals surface area contributed by atoms with Crippen LogP contribution in [-0.4, -0.2) is 30.7 Å². The zero-order valence-electron chi connectivity index (χ0n) is 11.4. The summed E-state index contributed by atoms with van der Waals surface area (Å²) in [5.74, 6) is 0.861. The monoisotopic (exact) mass is 325 g/mol. The lowest BCUT2D eigenvalue weighted by Crippen LogP contribution is -2.38. The second-order valence-corrected chi connectivity index (χ2v) is 6.82. The van der Waals surface area contributed by atoms with Crippen molar-refractivity contribution in [3.63, 3.8) is 0 Å². The zero-order chi connectivity index (χ0) is 14.7. The average molecular weight is 326 g/mol. The molecule has 0 aromatic carbocycles. The molecule has 2 N–H and O–H groups in total. The van der Waals surface area contributed by atoms with Gasteiger partial charge in [0.2, 0.25) is 0 Å². The molecule has 3 rings (SSSR count). The minimum atomic E-state index is -0.196. The Morgan fingerprint density at radius 1 is 1.57 bits per heavy atom. The fourth-order valence-electron chi connectivity index (χ4n) is 2.37. The predicted octanol–water partition coefficient (Wildman–Crippen LogP) is 2.79. The van der Waals surface area contributed by atoms with Crippen molar-refractivity contribution in [1.29, 1.82) is 0 Å². The molecule has 7 heteroatoms. The van der Waals surface area contributed by atoms with Crippen molar-refractivity contribution in [1.82, 2.24) is 15.8 Å². The molecule has 0 saturated carbocycles. The van der Waals surface area contributed by atoms with Crippen molar-refractivity contribution in [3.05, 3.63) is 28.2 Å². The van der Waals surface area contributed by atoms with Gasteiger partial charge in [-0.05, 0) is 44.0 Å². The smallest absolute Gasteiger partial charge is 0.273 e. The van der Waals surface area contributed by atoms with Gasteiger partial charge in [0.05, 0.1) is 9.21 Å². The number of amides is 1. The molecular formula is C14H16ClN3O2S. The quantitative estimate of drug-likeness (QED) is 0.907. The molecule has 1 atom stereocenters. The second kappa shape index (κ2) is 6.60. The molecule has 0 spiro atoms. The van der Waals surface area contributed by atoms with Gasteiger partial charge >= 0.3 is 0 Å². The van der Waals surface area contributed by atoms with E-state index in [1.54, 1.807) is 12.1 Å². The van der Waals surface area contributed by atoms with Gasteiger partial charge < -0.3 is 15.2 Å². The van der Waals surface area contributed by atoms with Crippen molar-refractivity contribution in [3.8, 4) is 10.6 Å². The van der Waals surface area contributed by atoms with Crippen molar-refractivity contribution in [2.45, 2.75) is 12.8 Å². The van der Waals surface area contributed by atoms with E-state index < -0.39 is 0 Å². The van der Waals surface area contributed by atoms with Crippen molar-refractivity contribution >= 4 is 28.8 Å². The van der Waals surface area contributed by atoms with Gasteiger partial charge in [0.1, 0.15) is 0 Å². The molecule has 1 saturated heterocycles. The van der Waals surface area contributed by atoms with Crippen LogP contribution in [-0.2, 0) is 0 Å². The zero-order valence-corrected chi connectivity index (χ0v) is 13.0. The van der Waals surface area contributed by atoms with Crippen LogP contribution in [0.4, 0.5) is 0 Å². The lowest BCUT2D eigenvalue weighted by atomic mass is 10.00. The number of nitrogens with one attached hydrogen (secondary N) is 2. The highest BCUT2D eigenvalue weighted by Crippen LogP contribution is 2.31.